The molecule has 3 rings (SSSR count). The van der Waals surface area contributed by atoms with Gasteiger partial charge in [-0.3, -0.25) is 9.59 Å². The van der Waals surface area contributed by atoms with E-state index in [1.54, 1.807) is 0 Å². The van der Waals surface area contributed by atoms with Crippen molar-refractivity contribution in [2.75, 3.05) is 18.4 Å². The number of rotatable bonds is 5. The van der Waals surface area contributed by atoms with Crippen molar-refractivity contribution in [3.05, 3.63) is 29.3 Å². The molecule has 0 aromatic heterocycles. The van der Waals surface area contributed by atoms with E-state index in [9.17, 15) is 9.59 Å². The molecule has 0 aliphatic carbocycles. The monoisotopic (exact) mass is 343 g/mol. The average Bonchev–Trinajstić information content (AvgIpc) is 2.60. The van der Waals surface area contributed by atoms with Gasteiger partial charge in [0.2, 0.25) is 5.91 Å². The smallest absolute Gasteiger partial charge is 0.255 e. The zero-order valence-electron chi connectivity index (χ0n) is 15.4. The highest BCUT2D eigenvalue weighted by atomic mass is 16.2. The summed E-state index contributed by atoms with van der Waals surface area (Å²) in [5.74, 6) is 0.237. The Labute approximate surface area is 150 Å². The molecule has 5 heteroatoms. The van der Waals surface area contributed by atoms with Gasteiger partial charge in [0.1, 0.15) is 5.66 Å². The number of hydrogen-bond donors (Lipinski definition) is 2. The molecule has 1 fully saturated rings. The van der Waals surface area contributed by atoms with Gasteiger partial charge in [-0.1, -0.05) is 38.3 Å². The van der Waals surface area contributed by atoms with E-state index in [2.05, 4.69) is 17.6 Å². The van der Waals surface area contributed by atoms with Crippen molar-refractivity contribution in [2.24, 2.45) is 0 Å². The maximum atomic E-state index is 12.5. The average molecular weight is 343 g/mol. The lowest BCUT2D eigenvalue weighted by Crippen LogP contribution is -2.62. The molecule has 2 N–H and O–H groups in total. The van der Waals surface area contributed by atoms with Crippen LogP contribution in [0.1, 0.15) is 67.8 Å². The summed E-state index contributed by atoms with van der Waals surface area (Å²) in [6.45, 7) is 5.59. The minimum absolute atomic E-state index is 0.0169. The summed E-state index contributed by atoms with van der Waals surface area (Å²) in [5.41, 5.74) is 2.31. The van der Waals surface area contributed by atoms with E-state index in [1.165, 1.54) is 12.8 Å². The third kappa shape index (κ3) is 3.80. The number of nitrogens with one attached hydrogen (secondary N) is 2. The molecule has 1 aromatic rings. The predicted octanol–water partition coefficient (Wildman–Crippen LogP) is 3.44. The van der Waals surface area contributed by atoms with Gasteiger partial charge in [-0.15, -0.1) is 0 Å². The number of benzene rings is 1. The Morgan fingerprint density at radius 2 is 1.92 bits per heavy atom. The molecular weight excluding hydrogens is 314 g/mol. The van der Waals surface area contributed by atoms with Gasteiger partial charge < -0.3 is 15.5 Å². The van der Waals surface area contributed by atoms with Crippen LogP contribution in [0.3, 0.4) is 0 Å². The standard InChI is InChI=1S/C20H29N3O2/c1-3-4-5-6-10-17(24)23-13-11-20(12-14-23)21-18-15(2)8-7-9-16(18)19(25)22-20/h7-9,21H,3-6,10-14H2,1-2H3,(H,22,25). The van der Waals surface area contributed by atoms with Gasteiger partial charge in [0.25, 0.3) is 5.91 Å². The number of fused-ring (bicyclic) bond motifs is 1. The van der Waals surface area contributed by atoms with Crippen LogP contribution in [-0.2, 0) is 4.79 Å². The second kappa shape index (κ2) is 7.46. The SMILES string of the molecule is CCCCCCC(=O)N1CCC2(CC1)NC(=O)c1cccc(C)c1N2. The quantitative estimate of drug-likeness (QED) is 0.805. The van der Waals surface area contributed by atoms with E-state index >= 15 is 0 Å². The first kappa shape index (κ1) is 17.8. The molecular formula is C20H29N3O2. The van der Waals surface area contributed by atoms with E-state index < -0.39 is 5.66 Å². The highest BCUT2D eigenvalue weighted by Gasteiger charge is 2.41. The Balaban J connectivity index is 1.59. The summed E-state index contributed by atoms with van der Waals surface area (Å²) in [6.07, 6.45) is 6.64. The summed E-state index contributed by atoms with van der Waals surface area (Å²) < 4.78 is 0. The maximum Gasteiger partial charge on any atom is 0.255 e. The normalized spacial score (nSPS) is 18.5. The Morgan fingerprint density at radius 1 is 1.16 bits per heavy atom. The van der Waals surface area contributed by atoms with Crippen molar-refractivity contribution in [1.29, 1.82) is 0 Å². The van der Waals surface area contributed by atoms with Gasteiger partial charge in [-0.25, -0.2) is 0 Å². The number of anilines is 1. The Bertz CT molecular complexity index is 648. The second-order valence-corrected chi connectivity index (χ2v) is 7.35. The number of unbranched alkanes of at least 4 members (excludes halogenated alkanes) is 3. The molecule has 0 saturated carbocycles. The molecule has 0 unspecified atom stereocenters. The van der Waals surface area contributed by atoms with Gasteiger partial charge in [0.05, 0.1) is 11.3 Å². The topological polar surface area (TPSA) is 61.4 Å². The first-order chi connectivity index (χ1) is 12.0. The number of aryl methyl sites for hydroxylation is 1. The minimum Gasteiger partial charge on any atom is -0.362 e. The largest absolute Gasteiger partial charge is 0.362 e. The van der Waals surface area contributed by atoms with Crippen molar-refractivity contribution in [3.63, 3.8) is 0 Å². The van der Waals surface area contributed by atoms with E-state index in [1.807, 2.05) is 30.0 Å². The second-order valence-electron chi connectivity index (χ2n) is 7.35. The third-order valence-corrected chi connectivity index (χ3v) is 5.45. The first-order valence-corrected chi connectivity index (χ1v) is 9.53. The molecule has 5 nitrogen and oxygen atoms in total. The van der Waals surface area contributed by atoms with Crippen molar-refractivity contribution in [2.45, 2.75) is 64.5 Å². The summed E-state index contributed by atoms with van der Waals surface area (Å²) in [5, 5.41) is 6.71. The fourth-order valence-corrected chi connectivity index (χ4v) is 3.83. The van der Waals surface area contributed by atoms with Gasteiger partial charge in [0.15, 0.2) is 0 Å². The van der Waals surface area contributed by atoms with Crippen LogP contribution in [0.15, 0.2) is 18.2 Å². The minimum atomic E-state index is -0.421. The van der Waals surface area contributed by atoms with Crippen LogP contribution in [0, 0.1) is 6.92 Å². The number of piperidine rings is 1. The highest BCUT2D eigenvalue weighted by Crippen LogP contribution is 2.33. The van der Waals surface area contributed by atoms with Crippen LogP contribution in [0.2, 0.25) is 0 Å². The first-order valence-electron chi connectivity index (χ1n) is 9.53. The number of amides is 2. The zero-order valence-corrected chi connectivity index (χ0v) is 15.4. The Hall–Kier alpha value is -2.04. The van der Waals surface area contributed by atoms with Crippen LogP contribution in [-0.4, -0.2) is 35.5 Å². The maximum absolute atomic E-state index is 12.5. The molecule has 1 aromatic carbocycles. The van der Waals surface area contributed by atoms with Crippen molar-refractivity contribution in [1.82, 2.24) is 10.2 Å². The van der Waals surface area contributed by atoms with Crippen LogP contribution in [0.25, 0.3) is 0 Å². The summed E-state index contributed by atoms with van der Waals surface area (Å²) in [6, 6.07) is 5.78. The van der Waals surface area contributed by atoms with Gasteiger partial charge in [-0.05, 0) is 25.0 Å². The van der Waals surface area contributed by atoms with E-state index in [0.717, 1.165) is 36.9 Å². The molecule has 2 heterocycles. The van der Waals surface area contributed by atoms with Gasteiger partial charge in [0, 0.05) is 32.4 Å². The predicted molar refractivity (Wildman–Crippen MR) is 99.6 cm³/mol. The Morgan fingerprint density at radius 3 is 2.64 bits per heavy atom. The molecule has 1 saturated heterocycles. The molecule has 2 aliphatic heterocycles. The van der Waals surface area contributed by atoms with Crippen molar-refractivity contribution < 1.29 is 9.59 Å². The van der Waals surface area contributed by atoms with Crippen LogP contribution >= 0.6 is 0 Å². The summed E-state index contributed by atoms with van der Waals surface area (Å²) in [4.78, 5) is 26.8. The molecule has 2 amide bonds. The lowest BCUT2D eigenvalue weighted by molar-refractivity contribution is -0.132. The molecule has 2 aliphatic rings. The fraction of sp³-hybridized carbons (Fsp3) is 0.600. The van der Waals surface area contributed by atoms with E-state index in [0.29, 0.717) is 25.1 Å². The molecule has 136 valence electrons. The van der Waals surface area contributed by atoms with Gasteiger partial charge >= 0.3 is 0 Å². The van der Waals surface area contributed by atoms with Crippen LogP contribution in [0.5, 0.6) is 0 Å². The molecule has 1 spiro atoms. The number of likely N-dealkylation sites (tertiary alicyclic amines) is 1. The number of para-hydroxylation sites is 1. The number of hydrogen-bond acceptors (Lipinski definition) is 3. The lowest BCUT2D eigenvalue weighted by Gasteiger charge is -2.46. The van der Waals surface area contributed by atoms with Gasteiger partial charge in [-0.2, -0.15) is 0 Å². The lowest BCUT2D eigenvalue weighted by atomic mass is 9.91. The van der Waals surface area contributed by atoms with Crippen molar-refractivity contribution in [3.8, 4) is 0 Å². The summed E-state index contributed by atoms with van der Waals surface area (Å²) >= 11 is 0. The summed E-state index contributed by atoms with van der Waals surface area (Å²) in [7, 11) is 0. The Kier molecular flexibility index (Phi) is 5.30. The molecule has 25 heavy (non-hydrogen) atoms. The van der Waals surface area contributed by atoms with E-state index in [4.69, 9.17) is 0 Å². The number of carbonyl (C=O) groups is 2. The highest BCUT2D eigenvalue weighted by molar-refractivity contribution is 6.02. The third-order valence-electron chi connectivity index (χ3n) is 5.45. The molecule has 0 radical (unpaired) electrons. The number of carbonyl (C=O) groups excluding carboxylic acids is 2. The van der Waals surface area contributed by atoms with Crippen molar-refractivity contribution >= 4 is 17.5 Å². The fourth-order valence-electron chi connectivity index (χ4n) is 3.83. The van der Waals surface area contributed by atoms with E-state index in [-0.39, 0.29) is 11.8 Å². The molecule has 0 atom stereocenters. The number of nitrogens with zero attached hydrogens (tertiary/aromatic N) is 1. The van der Waals surface area contributed by atoms with Crippen LogP contribution < -0.4 is 10.6 Å². The molecule has 0 bridgehead atoms. The van der Waals surface area contributed by atoms with Crippen LogP contribution in [0.4, 0.5) is 5.69 Å². The zero-order chi connectivity index (χ0) is 17.9.